The number of ether oxygens (including phenoxy) is 1. The fraction of sp³-hybridized carbons (Fsp3) is 0.647. The molecule has 2 heterocycles. The molecule has 3 heteroatoms. The summed E-state index contributed by atoms with van der Waals surface area (Å²) in [6.07, 6.45) is 6.33. The molecular weight excluding hydrogens is 248 g/mol. The summed E-state index contributed by atoms with van der Waals surface area (Å²) in [5.74, 6) is 1.79. The van der Waals surface area contributed by atoms with Gasteiger partial charge in [-0.15, -0.1) is 0 Å². The number of rotatable bonds is 6. The minimum absolute atomic E-state index is 0.592. The van der Waals surface area contributed by atoms with Gasteiger partial charge in [0.15, 0.2) is 0 Å². The van der Waals surface area contributed by atoms with Crippen LogP contribution in [0.15, 0.2) is 24.3 Å². The topological polar surface area (TPSA) is 38.5 Å². The summed E-state index contributed by atoms with van der Waals surface area (Å²) in [5.41, 5.74) is 6.95. The molecule has 0 radical (unpaired) electrons. The van der Waals surface area contributed by atoms with Gasteiger partial charge in [-0.1, -0.05) is 31.0 Å². The average Bonchev–Trinajstić information content (AvgIpc) is 2.91. The van der Waals surface area contributed by atoms with Gasteiger partial charge in [-0.05, 0) is 45.0 Å². The monoisotopic (exact) mass is 274 g/mol. The van der Waals surface area contributed by atoms with Crippen molar-refractivity contribution in [3.05, 3.63) is 29.8 Å². The van der Waals surface area contributed by atoms with Crippen molar-refractivity contribution in [2.24, 2.45) is 11.7 Å². The van der Waals surface area contributed by atoms with E-state index in [0.29, 0.717) is 12.0 Å². The second kappa shape index (κ2) is 6.59. The first-order chi connectivity index (χ1) is 9.90. The lowest BCUT2D eigenvalue weighted by molar-refractivity contribution is 0.146. The highest BCUT2D eigenvalue weighted by Gasteiger charge is 2.39. The number of para-hydroxylation sites is 1. The number of nitrogens with two attached hydrogens (primary N) is 1. The maximum Gasteiger partial charge on any atom is 0.124 e. The fourth-order valence-corrected chi connectivity index (χ4v) is 3.67. The highest BCUT2D eigenvalue weighted by atomic mass is 16.5. The van der Waals surface area contributed by atoms with Crippen LogP contribution in [0, 0.1) is 5.92 Å². The van der Waals surface area contributed by atoms with Gasteiger partial charge < -0.3 is 10.5 Å². The number of hydrogen-bond donors (Lipinski definition) is 1. The van der Waals surface area contributed by atoms with Gasteiger partial charge in [-0.3, -0.25) is 4.90 Å². The Hall–Kier alpha value is -1.06. The van der Waals surface area contributed by atoms with Crippen molar-refractivity contribution in [3.63, 3.8) is 0 Å². The molecule has 1 saturated heterocycles. The molecule has 3 rings (SSSR count). The van der Waals surface area contributed by atoms with Crippen LogP contribution in [-0.2, 0) is 0 Å². The molecule has 2 aliphatic heterocycles. The van der Waals surface area contributed by atoms with Crippen LogP contribution in [0.2, 0.25) is 0 Å². The Kier molecular flexibility index (Phi) is 4.58. The SMILES string of the molecule is NCCCCCCN1CC[C@H]2COc3ccccc3[C@H]21. The number of nitrogens with zero attached hydrogens (tertiary/aromatic N) is 1. The normalized spacial score (nSPS) is 25.1. The summed E-state index contributed by atoms with van der Waals surface area (Å²) in [5, 5.41) is 0. The van der Waals surface area contributed by atoms with Gasteiger partial charge in [0.25, 0.3) is 0 Å². The Morgan fingerprint density at radius 1 is 1.15 bits per heavy atom. The van der Waals surface area contributed by atoms with Gasteiger partial charge in [0.2, 0.25) is 0 Å². The Morgan fingerprint density at radius 3 is 2.90 bits per heavy atom. The van der Waals surface area contributed by atoms with Gasteiger partial charge in [0, 0.05) is 17.5 Å². The highest BCUT2D eigenvalue weighted by molar-refractivity contribution is 5.38. The second-order valence-electron chi connectivity index (χ2n) is 6.08. The standard InChI is InChI=1S/C17H26N2O/c18-10-5-1-2-6-11-19-12-9-14-13-20-16-8-4-3-7-15(16)17(14)19/h3-4,7-8,14,17H,1-2,5-6,9-13,18H2/t14-,17-/m0/s1. The molecule has 0 aliphatic carbocycles. The molecule has 1 aromatic carbocycles. The van der Waals surface area contributed by atoms with Crippen LogP contribution in [0.4, 0.5) is 0 Å². The third-order valence-electron chi connectivity index (χ3n) is 4.72. The van der Waals surface area contributed by atoms with E-state index >= 15 is 0 Å². The molecule has 0 aromatic heterocycles. The molecule has 0 amide bonds. The van der Waals surface area contributed by atoms with E-state index in [1.165, 1.54) is 50.8 Å². The van der Waals surface area contributed by atoms with Crippen molar-refractivity contribution in [1.29, 1.82) is 0 Å². The van der Waals surface area contributed by atoms with Gasteiger partial charge in [0.05, 0.1) is 6.61 Å². The van der Waals surface area contributed by atoms with E-state index in [2.05, 4.69) is 29.2 Å². The molecule has 3 nitrogen and oxygen atoms in total. The number of likely N-dealkylation sites (tertiary alicyclic amines) is 1. The van der Waals surface area contributed by atoms with Crippen molar-refractivity contribution in [2.45, 2.75) is 38.1 Å². The average molecular weight is 274 g/mol. The van der Waals surface area contributed by atoms with Crippen molar-refractivity contribution >= 4 is 0 Å². The van der Waals surface area contributed by atoms with E-state index in [-0.39, 0.29) is 0 Å². The maximum absolute atomic E-state index is 5.90. The van der Waals surface area contributed by atoms with Crippen molar-refractivity contribution in [2.75, 3.05) is 26.2 Å². The van der Waals surface area contributed by atoms with E-state index in [9.17, 15) is 0 Å². The predicted molar refractivity (Wildman–Crippen MR) is 81.9 cm³/mol. The lowest BCUT2D eigenvalue weighted by Gasteiger charge is -2.33. The molecule has 1 aromatic rings. The van der Waals surface area contributed by atoms with Gasteiger partial charge >= 0.3 is 0 Å². The molecule has 0 bridgehead atoms. The van der Waals surface area contributed by atoms with Crippen LogP contribution in [0.5, 0.6) is 5.75 Å². The number of unbranched alkanes of at least 4 members (excludes halogenated alkanes) is 3. The number of fused-ring (bicyclic) bond motifs is 3. The van der Waals surface area contributed by atoms with Gasteiger partial charge in [-0.2, -0.15) is 0 Å². The third-order valence-corrected chi connectivity index (χ3v) is 4.72. The Balaban J connectivity index is 1.61. The van der Waals surface area contributed by atoms with Crippen LogP contribution in [-0.4, -0.2) is 31.1 Å². The Labute approximate surface area is 122 Å². The molecular formula is C17H26N2O. The molecule has 2 N–H and O–H groups in total. The van der Waals surface area contributed by atoms with Gasteiger partial charge in [0.1, 0.15) is 5.75 Å². The predicted octanol–water partition coefficient (Wildman–Crippen LogP) is 2.96. The zero-order chi connectivity index (χ0) is 13.8. The Morgan fingerprint density at radius 2 is 2.00 bits per heavy atom. The van der Waals surface area contributed by atoms with Gasteiger partial charge in [-0.25, -0.2) is 0 Å². The molecule has 1 fully saturated rings. The molecule has 110 valence electrons. The first-order valence-electron chi connectivity index (χ1n) is 8.06. The molecule has 2 aliphatic rings. The lowest BCUT2D eigenvalue weighted by atomic mass is 9.91. The number of benzene rings is 1. The zero-order valence-corrected chi connectivity index (χ0v) is 12.3. The summed E-state index contributed by atoms with van der Waals surface area (Å²) >= 11 is 0. The van der Waals surface area contributed by atoms with Crippen LogP contribution < -0.4 is 10.5 Å². The summed E-state index contributed by atoms with van der Waals surface area (Å²) in [4.78, 5) is 2.68. The van der Waals surface area contributed by atoms with E-state index in [0.717, 1.165) is 18.9 Å². The molecule has 2 atom stereocenters. The minimum atomic E-state index is 0.592. The zero-order valence-electron chi connectivity index (χ0n) is 12.3. The van der Waals surface area contributed by atoms with Crippen LogP contribution in [0.1, 0.15) is 43.7 Å². The quantitative estimate of drug-likeness (QED) is 0.811. The first-order valence-corrected chi connectivity index (χ1v) is 8.06. The Bertz CT molecular complexity index is 435. The summed E-state index contributed by atoms with van der Waals surface area (Å²) in [7, 11) is 0. The fourth-order valence-electron chi connectivity index (χ4n) is 3.67. The van der Waals surface area contributed by atoms with Crippen molar-refractivity contribution in [1.82, 2.24) is 4.90 Å². The van der Waals surface area contributed by atoms with E-state index in [1.54, 1.807) is 0 Å². The third kappa shape index (κ3) is 2.84. The van der Waals surface area contributed by atoms with Crippen LogP contribution >= 0.6 is 0 Å². The smallest absolute Gasteiger partial charge is 0.124 e. The summed E-state index contributed by atoms with van der Waals surface area (Å²) in [6.45, 7) is 4.18. The first kappa shape index (κ1) is 13.9. The highest BCUT2D eigenvalue weighted by Crippen LogP contribution is 2.44. The van der Waals surface area contributed by atoms with E-state index in [1.807, 2.05) is 0 Å². The molecule has 0 unspecified atom stereocenters. The van der Waals surface area contributed by atoms with Crippen molar-refractivity contribution < 1.29 is 4.74 Å². The number of hydrogen-bond acceptors (Lipinski definition) is 3. The lowest BCUT2D eigenvalue weighted by Crippen LogP contribution is -2.31. The largest absolute Gasteiger partial charge is 0.493 e. The van der Waals surface area contributed by atoms with E-state index < -0.39 is 0 Å². The minimum Gasteiger partial charge on any atom is -0.493 e. The summed E-state index contributed by atoms with van der Waals surface area (Å²) in [6, 6.07) is 9.17. The molecule has 0 spiro atoms. The van der Waals surface area contributed by atoms with E-state index in [4.69, 9.17) is 10.5 Å². The molecule has 20 heavy (non-hydrogen) atoms. The summed E-state index contributed by atoms with van der Waals surface area (Å²) < 4.78 is 5.90. The second-order valence-corrected chi connectivity index (χ2v) is 6.08. The maximum atomic E-state index is 5.90. The molecule has 0 saturated carbocycles. The van der Waals surface area contributed by atoms with Crippen LogP contribution in [0.3, 0.4) is 0 Å². The van der Waals surface area contributed by atoms with Crippen LogP contribution in [0.25, 0.3) is 0 Å². The van der Waals surface area contributed by atoms with Crippen molar-refractivity contribution in [3.8, 4) is 5.75 Å².